The van der Waals surface area contributed by atoms with E-state index >= 15 is 0 Å². The normalized spacial score (nSPS) is 16.0. The number of hydrogen-bond acceptors (Lipinski definition) is 4. The number of benzene rings is 2. The van der Waals surface area contributed by atoms with Crippen LogP contribution in [0.4, 0.5) is 9.18 Å². The van der Waals surface area contributed by atoms with Crippen LogP contribution in [0.5, 0.6) is 5.75 Å². The Morgan fingerprint density at radius 3 is 2.72 bits per heavy atom. The lowest BCUT2D eigenvalue weighted by molar-refractivity contribution is -0.123. The van der Waals surface area contributed by atoms with Gasteiger partial charge in [-0.15, -0.1) is 0 Å². The quantitative estimate of drug-likeness (QED) is 0.663. The number of nitrogens with zero attached hydrogens (tertiary/aromatic N) is 1. The number of hydrogen-bond donors (Lipinski definition) is 0. The summed E-state index contributed by atoms with van der Waals surface area (Å²) in [6, 6.07) is 11.5. The smallest absolute Gasteiger partial charge is 0.293 e. The molecule has 2 aromatic rings. The van der Waals surface area contributed by atoms with E-state index in [2.05, 4.69) is 15.9 Å². The Hall–Kier alpha value is -2.12. The van der Waals surface area contributed by atoms with Gasteiger partial charge in [0.05, 0.1) is 18.6 Å². The predicted molar refractivity (Wildman–Crippen MR) is 98.6 cm³/mol. The second-order valence-electron chi connectivity index (χ2n) is 5.25. The molecule has 3 rings (SSSR count). The molecule has 1 fully saturated rings. The Balaban J connectivity index is 1.89. The van der Waals surface area contributed by atoms with E-state index in [4.69, 9.17) is 4.74 Å². The Bertz CT molecular complexity index is 884. The van der Waals surface area contributed by atoms with Crippen molar-refractivity contribution in [2.75, 3.05) is 7.11 Å². The summed E-state index contributed by atoms with van der Waals surface area (Å²) in [6.07, 6.45) is 1.61. The van der Waals surface area contributed by atoms with Crippen molar-refractivity contribution < 1.29 is 18.7 Å². The van der Waals surface area contributed by atoms with Crippen molar-refractivity contribution in [1.82, 2.24) is 4.90 Å². The number of amides is 2. The number of carbonyl (C=O) groups is 2. The molecule has 0 N–H and O–H groups in total. The molecule has 128 valence electrons. The molecule has 0 saturated carbocycles. The van der Waals surface area contributed by atoms with Gasteiger partial charge in [-0.1, -0.05) is 34.1 Å². The van der Waals surface area contributed by atoms with E-state index in [9.17, 15) is 14.0 Å². The van der Waals surface area contributed by atoms with Crippen LogP contribution in [-0.4, -0.2) is 23.2 Å². The molecule has 0 atom stereocenters. The third kappa shape index (κ3) is 3.77. The highest BCUT2D eigenvalue weighted by molar-refractivity contribution is 9.10. The average Bonchev–Trinajstić information content (AvgIpc) is 2.84. The maximum absolute atomic E-state index is 13.8. The first-order valence-corrected chi connectivity index (χ1v) is 8.93. The van der Waals surface area contributed by atoms with E-state index in [0.29, 0.717) is 16.9 Å². The monoisotopic (exact) mass is 421 g/mol. The number of carbonyl (C=O) groups excluding carboxylic acids is 2. The van der Waals surface area contributed by atoms with E-state index in [1.165, 1.54) is 13.2 Å². The van der Waals surface area contributed by atoms with Crippen molar-refractivity contribution >= 4 is 44.9 Å². The minimum atomic E-state index is -0.445. The minimum absolute atomic E-state index is 0.0930. The van der Waals surface area contributed by atoms with Gasteiger partial charge in [0.25, 0.3) is 11.1 Å². The molecule has 0 aromatic heterocycles. The number of thioether (sulfide) groups is 1. The first-order valence-electron chi connectivity index (χ1n) is 7.32. The summed E-state index contributed by atoms with van der Waals surface area (Å²) in [4.78, 5) is 26.1. The van der Waals surface area contributed by atoms with Gasteiger partial charge in [0.15, 0.2) is 0 Å². The lowest BCUT2D eigenvalue weighted by Gasteiger charge is -2.12. The minimum Gasteiger partial charge on any atom is -0.496 e. The average molecular weight is 422 g/mol. The first kappa shape index (κ1) is 17.7. The number of rotatable bonds is 4. The number of imide groups is 1. The van der Waals surface area contributed by atoms with Crippen LogP contribution in [-0.2, 0) is 11.3 Å². The Morgan fingerprint density at radius 2 is 2.00 bits per heavy atom. The van der Waals surface area contributed by atoms with Gasteiger partial charge in [0, 0.05) is 15.6 Å². The van der Waals surface area contributed by atoms with E-state index < -0.39 is 17.0 Å². The van der Waals surface area contributed by atoms with Crippen LogP contribution in [0.25, 0.3) is 6.08 Å². The van der Waals surface area contributed by atoms with Gasteiger partial charge >= 0.3 is 0 Å². The molecule has 0 aliphatic carbocycles. The van der Waals surface area contributed by atoms with Gasteiger partial charge in [-0.25, -0.2) is 4.39 Å². The Morgan fingerprint density at radius 1 is 1.24 bits per heavy atom. The maximum Gasteiger partial charge on any atom is 0.293 e. The molecule has 0 bridgehead atoms. The summed E-state index contributed by atoms with van der Waals surface area (Å²) >= 11 is 4.20. The van der Waals surface area contributed by atoms with Crippen LogP contribution >= 0.6 is 27.7 Å². The van der Waals surface area contributed by atoms with E-state index in [1.807, 2.05) is 6.07 Å². The molecule has 0 spiro atoms. The van der Waals surface area contributed by atoms with Gasteiger partial charge in [0.1, 0.15) is 11.6 Å². The third-order valence-corrected chi connectivity index (χ3v) is 5.04. The molecule has 1 aliphatic heterocycles. The largest absolute Gasteiger partial charge is 0.496 e. The van der Waals surface area contributed by atoms with E-state index in [0.717, 1.165) is 21.1 Å². The zero-order chi connectivity index (χ0) is 18.0. The molecule has 4 nitrogen and oxygen atoms in total. The van der Waals surface area contributed by atoms with Gasteiger partial charge < -0.3 is 4.74 Å². The summed E-state index contributed by atoms with van der Waals surface area (Å²) < 4.78 is 19.9. The molecule has 0 radical (unpaired) electrons. The molecule has 2 aromatic carbocycles. The maximum atomic E-state index is 13.8. The lowest BCUT2D eigenvalue weighted by Crippen LogP contribution is -2.27. The summed E-state index contributed by atoms with van der Waals surface area (Å²) in [7, 11) is 1.53. The highest BCUT2D eigenvalue weighted by Crippen LogP contribution is 2.35. The van der Waals surface area contributed by atoms with E-state index in [1.54, 1.807) is 36.4 Å². The first-order chi connectivity index (χ1) is 12.0. The van der Waals surface area contributed by atoms with Crippen molar-refractivity contribution in [3.63, 3.8) is 0 Å². The molecule has 1 saturated heterocycles. The summed E-state index contributed by atoms with van der Waals surface area (Å²) in [5.74, 6) is -0.302. The number of ether oxygens (including phenoxy) is 1. The molecule has 0 unspecified atom stereocenters. The highest BCUT2D eigenvalue weighted by atomic mass is 79.9. The fraction of sp³-hybridized carbons (Fsp3) is 0.111. The molecule has 1 heterocycles. The van der Waals surface area contributed by atoms with Crippen LogP contribution in [0.15, 0.2) is 51.8 Å². The fourth-order valence-corrected chi connectivity index (χ4v) is 3.60. The van der Waals surface area contributed by atoms with Crippen LogP contribution in [0.1, 0.15) is 11.1 Å². The second kappa shape index (κ2) is 7.41. The van der Waals surface area contributed by atoms with Gasteiger partial charge in [-0.3, -0.25) is 14.5 Å². The van der Waals surface area contributed by atoms with Gasteiger partial charge in [-0.2, -0.15) is 0 Å². The van der Waals surface area contributed by atoms with Crippen molar-refractivity contribution in [2.24, 2.45) is 0 Å². The van der Waals surface area contributed by atoms with Crippen molar-refractivity contribution in [3.05, 3.63) is 68.8 Å². The second-order valence-corrected chi connectivity index (χ2v) is 7.15. The standard InChI is InChI=1S/C18H13BrFNO3S/c1-24-15-7-6-13(19)8-12(15)9-16-17(22)21(18(23)25-16)10-11-4-2-3-5-14(11)20/h2-9H,10H2,1H3/b16-9-. The predicted octanol–water partition coefficient (Wildman–Crippen LogP) is 4.83. The Kier molecular flexibility index (Phi) is 5.24. The topological polar surface area (TPSA) is 46.6 Å². The summed E-state index contributed by atoms with van der Waals surface area (Å²) in [5.41, 5.74) is 0.972. The fourth-order valence-electron chi connectivity index (χ4n) is 2.39. The number of halogens is 2. The molecule has 2 amide bonds. The Labute approximate surface area is 156 Å². The SMILES string of the molecule is COc1ccc(Br)cc1/C=C1\SC(=O)N(Cc2ccccc2F)C1=O. The zero-order valence-corrected chi connectivity index (χ0v) is 15.6. The summed E-state index contributed by atoms with van der Waals surface area (Å²) in [5, 5.41) is -0.423. The van der Waals surface area contributed by atoms with Crippen molar-refractivity contribution in [3.8, 4) is 5.75 Å². The van der Waals surface area contributed by atoms with Crippen LogP contribution < -0.4 is 4.74 Å². The van der Waals surface area contributed by atoms with Crippen LogP contribution in [0, 0.1) is 5.82 Å². The molecule has 1 aliphatic rings. The van der Waals surface area contributed by atoms with E-state index in [-0.39, 0.29) is 11.4 Å². The zero-order valence-electron chi connectivity index (χ0n) is 13.2. The molecule has 25 heavy (non-hydrogen) atoms. The van der Waals surface area contributed by atoms with Crippen LogP contribution in [0.3, 0.4) is 0 Å². The molecule has 7 heteroatoms. The third-order valence-electron chi connectivity index (χ3n) is 3.64. The van der Waals surface area contributed by atoms with Gasteiger partial charge in [-0.05, 0) is 42.1 Å². The molecular weight excluding hydrogens is 409 g/mol. The number of methoxy groups -OCH3 is 1. The molecular formula is C18H13BrFNO3S. The van der Waals surface area contributed by atoms with Crippen LogP contribution in [0.2, 0.25) is 0 Å². The summed E-state index contributed by atoms with van der Waals surface area (Å²) in [6.45, 7) is -0.0930. The highest BCUT2D eigenvalue weighted by Gasteiger charge is 2.35. The lowest BCUT2D eigenvalue weighted by atomic mass is 10.1. The van der Waals surface area contributed by atoms with Crippen molar-refractivity contribution in [2.45, 2.75) is 6.54 Å². The van der Waals surface area contributed by atoms with Gasteiger partial charge in [0.2, 0.25) is 0 Å². The van der Waals surface area contributed by atoms with Crippen molar-refractivity contribution in [1.29, 1.82) is 0 Å².